The van der Waals surface area contributed by atoms with Gasteiger partial charge in [-0.2, -0.15) is 0 Å². The largest absolute Gasteiger partial charge is 0.481 e. The number of hydrogen-bond donors (Lipinski definition) is 1. The first kappa shape index (κ1) is 7.71. The average molecular weight is 166 g/mol. The molecule has 0 radical (unpaired) electrons. The number of fused-ring (bicyclic) bond motifs is 1. The molecule has 0 saturated heterocycles. The Hall–Kier alpha value is -0.920. The normalized spacial score (nSPS) is 22.3. The van der Waals surface area contributed by atoms with E-state index in [1.165, 1.54) is 12.0 Å². The molecule has 0 aliphatic heterocycles. The van der Waals surface area contributed by atoms with E-state index in [1.54, 1.807) is 0 Å². The second-order valence-electron chi connectivity index (χ2n) is 3.78. The maximum Gasteiger partial charge on any atom is 0.285 e. The van der Waals surface area contributed by atoms with Crippen molar-refractivity contribution < 1.29 is 9.52 Å². The molecule has 1 aliphatic carbocycles. The summed E-state index contributed by atoms with van der Waals surface area (Å²) in [5, 5.41) is 9.33. The minimum Gasteiger partial charge on any atom is -0.481 e. The summed E-state index contributed by atoms with van der Waals surface area (Å²) in [6.45, 7) is 4.14. The average Bonchev–Trinajstić information content (AvgIpc) is 2.28. The van der Waals surface area contributed by atoms with Crippen LogP contribution in [0.1, 0.15) is 30.2 Å². The van der Waals surface area contributed by atoms with E-state index in [4.69, 9.17) is 4.42 Å². The molecular weight excluding hydrogens is 152 g/mol. The Morgan fingerprint density at radius 1 is 1.50 bits per heavy atom. The third-order valence-electron chi connectivity index (χ3n) is 2.75. The lowest BCUT2D eigenvalue weighted by Gasteiger charge is -2.16. The zero-order chi connectivity index (χ0) is 8.72. The molecule has 0 aromatic carbocycles. The van der Waals surface area contributed by atoms with Crippen LogP contribution in [0.15, 0.2) is 4.42 Å². The highest BCUT2D eigenvalue weighted by Crippen LogP contribution is 2.34. The van der Waals surface area contributed by atoms with Crippen LogP contribution in [0.4, 0.5) is 0 Å². The Morgan fingerprint density at radius 2 is 2.25 bits per heavy atom. The molecule has 0 spiro atoms. The molecule has 0 amide bonds. The second kappa shape index (κ2) is 2.54. The fourth-order valence-electron chi connectivity index (χ4n) is 1.89. The van der Waals surface area contributed by atoms with Gasteiger partial charge in [-0.1, -0.05) is 6.92 Å². The topological polar surface area (TPSA) is 33.4 Å². The fourth-order valence-corrected chi connectivity index (χ4v) is 1.89. The first-order valence-electron chi connectivity index (χ1n) is 4.48. The zero-order valence-electron chi connectivity index (χ0n) is 7.55. The third-order valence-corrected chi connectivity index (χ3v) is 2.75. The molecule has 1 aliphatic rings. The van der Waals surface area contributed by atoms with Crippen LogP contribution in [0.2, 0.25) is 0 Å². The molecule has 0 bridgehead atoms. The van der Waals surface area contributed by atoms with Gasteiger partial charge in [0.05, 0.1) is 0 Å². The summed E-state index contributed by atoms with van der Waals surface area (Å²) in [5.74, 6) is 1.82. The highest BCUT2D eigenvalue weighted by Gasteiger charge is 2.22. The van der Waals surface area contributed by atoms with Gasteiger partial charge >= 0.3 is 0 Å². The van der Waals surface area contributed by atoms with Crippen LogP contribution >= 0.6 is 0 Å². The maximum absolute atomic E-state index is 9.33. The number of furan rings is 1. The van der Waals surface area contributed by atoms with Gasteiger partial charge in [-0.05, 0) is 25.7 Å². The molecule has 12 heavy (non-hydrogen) atoms. The number of aromatic hydroxyl groups is 1. The van der Waals surface area contributed by atoms with Crippen LogP contribution in [0.5, 0.6) is 5.95 Å². The summed E-state index contributed by atoms with van der Waals surface area (Å²) in [6.07, 6.45) is 3.26. The molecule has 1 aromatic rings. The Bertz CT molecular complexity index is 299. The SMILES string of the molecule is Cc1c(O)oc2c1CC[C@@H](C)C2. The van der Waals surface area contributed by atoms with Crippen molar-refractivity contribution in [1.29, 1.82) is 0 Å². The van der Waals surface area contributed by atoms with E-state index in [2.05, 4.69) is 6.92 Å². The Labute approximate surface area is 72.2 Å². The van der Waals surface area contributed by atoms with Crippen molar-refractivity contribution in [2.75, 3.05) is 0 Å². The van der Waals surface area contributed by atoms with Gasteiger partial charge < -0.3 is 9.52 Å². The lowest BCUT2D eigenvalue weighted by molar-refractivity contribution is 0.304. The third kappa shape index (κ3) is 1.02. The number of rotatable bonds is 0. The molecule has 2 nitrogen and oxygen atoms in total. The Kier molecular flexibility index (Phi) is 1.63. The molecule has 1 N–H and O–H groups in total. The van der Waals surface area contributed by atoms with Crippen LogP contribution in [0, 0.1) is 12.8 Å². The summed E-state index contributed by atoms with van der Waals surface area (Å²) >= 11 is 0. The lowest BCUT2D eigenvalue weighted by Crippen LogP contribution is -2.09. The number of hydrogen-bond acceptors (Lipinski definition) is 2. The van der Waals surface area contributed by atoms with E-state index in [9.17, 15) is 5.11 Å². The minimum atomic E-state index is 0.120. The minimum absolute atomic E-state index is 0.120. The molecule has 0 fully saturated rings. The summed E-state index contributed by atoms with van der Waals surface area (Å²) in [6, 6.07) is 0. The van der Waals surface area contributed by atoms with Gasteiger partial charge in [0.1, 0.15) is 5.76 Å². The van der Waals surface area contributed by atoms with Gasteiger partial charge in [0, 0.05) is 17.5 Å². The zero-order valence-corrected chi connectivity index (χ0v) is 7.55. The molecule has 0 unspecified atom stereocenters. The predicted octanol–water partition coefficient (Wildman–Crippen LogP) is 2.42. The van der Waals surface area contributed by atoms with Gasteiger partial charge in [-0.15, -0.1) is 0 Å². The van der Waals surface area contributed by atoms with Gasteiger partial charge in [-0.25, -0.2) is 0 Å². The fraction of sp³-hybridized carbons (Fsp3) is 0.600. The standard InChI is InChI=1S/C10H14O2/c1-6-3-4-8-7(2)10(11)12-9(8)5-6/h6,11H,3-5H2,1-2H3/t6-/m1/s1. The summed E-state index contributed by atoms with van der Waals surface area (Å²) < 4.78 is 5.26. The first-order valence-corrected chi connectivity index (χ1v) is 4.48. The molecule has 1 atom stereocenters. The molecule has 0 saturated carbocycles. The van der Waals surface area contributed by atoms with Gasteiger partial charge in [0.2, 0.25) is 0 Å². The van der Waals surface area contributed by atoms with Crippen LogP contribution < -0.4 is 0 Å². The van der Waals surface area contributed by atoms with Crippen molar-refractivity contribution in [3.63, 3.8) is 0 Å². The van der Waals surface area contributed by atoms with Crippen LogP contribution in [-0.4, -0.2) is 5.11 Å². The van der Waals surface area contributed by atoms with Gasteiger partial charge in [-0.3, -0.25) is 0 Å². The van der Waals surface area contributed by atoms with Crippen molar-refractivity contribution in [2.24, 2.45) is 5.92 Å². The van der Waals surface area contributed by atoms with E-state index in [0.717, 1.165) is 24.2 Å². The van der Waals surface area contributed by atoms with Crippen molar-refractivity contribution in [3.05, 3.63) is 16.9 Å². The Balaban J connectivity index is 2.43. The molecule has 2 heteroatoms. The van der Waals surface area contributed by atoms with E-state index in [-0.39, 0.29) is 5.95 Å². The van der Waals surface area contributed by atoms with E-state index in [0.29, 0.717) is 5.92 Å². The molecule has 2 rings (SSSR count). The summed E-state index contributed by atoms with van der Waals surface area (Å²) in [7, 11) is 0. The quantitative estimate of drug-likeness (QED) is 0.642. The van der Waals surface area contributed by atoms with Gasteiger partial charge in [0.15, 0.2) is 0 Å². The summed E-state index contributed by atoms with van der Waals surface area (Å²) in [4.78, 5) is 0. The van der Waals surface area contributed by atoms with Crippen molar-refractivity contribution >= 4 is 0 Å². The van der Waals surface area contributed by atoms with Crippen LogP contribution in [-0.2, 0) is 12.8 Å². The lowest BCUT2D eigenvalue weighted by atomic mass is 9.88. The Morgan fingerprint density at radius 3 is 3.00 bits per heavy atom. The molecule has 1 heterocycles. The van der Waals surface area contributed by atoms with E-state index < -0.39 is 0 Å². The smallest absolute Gasteiger partial charge is 0.285 e. The summed E-state index contributed by atoms with van der Waals surface area (Å²) in [5.41, 5.74) is 2.18. The van der Waals surface area contributed by atoms with Gasteiger partial charge in [0.25, 0.3) is 5.95 Å². The van der Waals surface area contributed by atoms with Crippen molar-refractivity contribution in [1.82, 2.24) is 0 Å². The maximum atomic E-state index is 9.33. The van der Waals surface area contributed by atoms with Crippen molar-refractivity contribution in [2.45, 2.75) is 33.1 Å². The molecular formula is C10H14O2. The second-order valence-corrected chi connectivity index (χ2v) is 3.78. The predicted molar refractivity (Wildman–Crippen MR) is 46.3 cm³/mol. The monoisotopic (exact) mass is 166 g/mol. The molecule has 1 aromatic heterocycles. The first-order chi connectivity index (χ1) is 5.68. The highest BCUT2D eigenvalue weighted by molar-refractivity contribution is 5.36. The van der Waals surface area contributed by atoms with Crippen LogP contribution in [0.3, 0.4) is 0 Å². The molecule has 66 valence electrons. The van der Waals surface area contributed by atoms with Crippen molar-refractivity contribution in [3.8, 4) is 5.95 Å². The highest BCUT2D eigenvalue weighted by atomic mass is 16.5. The van der Waals surface area contributed by atoms with Crippen LogP contribution in [0.25, 0.3) is 0 Å². The van der Waals surface area contributed by atoms with E-state index >= 15 is 0 Å². The van der Waals surface area contributed by atoms with E-state index in [1.807, 2.05) is 6.92 Å².